The third-order valence-corrected chi connectivity index (χ3v) is 8.79. The summed E-state index contributed by atoms with van der Waals surface area (Å²) in [4.78, 5) is 28.4. The van der Waals surface area contributed by atoms with Crippen molar-refractivity contribution >= 4 is 23.4 Å². The molecule has 1 aromatic rings. The molecule has 1 aliphatic carbocycles. The molecule has 1 saturated carbocycles. The molecule has 2 aliphatic heterocycles. The SMILES string of the molecule is C=CC(=O)N1C[C@@]2(CCN(C(=O)[C@H]3CCC(C)(C)C[C@@H]3c3ccccc3Cl)CC2(F)F)[C@H]1C. The van der Waals surface area contributed by atoms with Gasteiger partial charge in [0.2, 0.25) is 11.8 Å². The molecule has 4 atom stereocenters. The van der Waals surface area contributed by atoms with Gasteiger partial charge in [-0.15, -0.1) is 0 Å². The number of benzene rings is 1. The highest BCUT2D eigenvalue weighted by Gasteiger charge is 2.67. The Balaban J connectivity index is 1.54. The summed E-state index contributed by atoms with van der Waals surface area (Å²) in [7, 11) is 0. The van der Waals surface area contributed by atoms with Gasteiger partial charge in [-0.05, 0) is 61.6 Å². The monoisotopic (exact) mass is 478 g/mol. The summed E-state index contributed by atoms with van der Waals surface area (Å²) >= 11 is 6.50. The lowest BCUT2D eigenvalue weighted by Crippen LogP contribution is -2.75. The van der Waals surface area contributed by atoms with Crippen molar-refractivity contribution in [2.45, 2.75) is 64.3 Å². The molecular formula is C26H33ClF2N2O2. The van der Waals surface area contributed by atoms with Crippen molar-refractivity contribution in [2.24, 2.45) is 16.7 Å². The number of piperidine rings is 1. The smallest absolute Gasteiger partial charge is 0.274 e. The summed E-state index contributed by atoms with van der Waals surface area (Å²) < 4.78 is 31.0. The first-order valence-electron chi connectivity index (χ1n) is 11.8. The van der Waals surface area contributed by atoms with Crippen molar-refractivity contribution < 1.29 is 18.4 Å². The average molecular weight is 479 g/mol. The molecule has 33 heavy (non-hydrogen) atoms. The molecule has 4 rings (SSSR count). The Morgan fingerprint density at radius 2 is 1.88 bits per heavy atom. The molecule has 0 aromatic heterocycles. The van der Waals surface area contributed by atoms with Gasteiger partial charge in [0.25, 0.3) is 5.92 Å². The number of likely N-dealkylation sites (tertiary alicyclic amines) is 2. The molecule has 3 fully saturated rings. The number of nitrogens with zero attached hydrogens (tertiary/aromatic N) is 2. The van der Waals surface area contributed by atoms with E-state index in [1.807, 2.05) is 24.3 Å². The topological polar surface area (TPSA) is 40.6 Å². The average Bonchev–Trinajstić information content (AvgIpc) is 2.76. The van der Waals surface area contributed by atoms with E-state index in [0.717, 1.165) is 18.4 Å². The van der Waals surface area contributed by atoms with Gasteiger partial charge in [0, 0.05) is 30.1 Å². The van der Waals surface area contributed by atoms with E-state index in [-0.39, 0.29) is 48.6 Å². The summed E-state index contributed by atoms with van der Waals surface area (Å²) in [5.74, 6) is -4.04. The van der Waals surface area contributed by atoms with E-state index < -0.39 is 23.9 Å². The third kappa shape index (κ3) is 3.98. The van der Waals surface area contributed by atoms with Gasteiger partial charge in [0.1, 0.15) is 0 Å². The van der Waals surface area contributed by atoms with E-state index in [2.05, 4.69) is 20.4 Å². The van der Waals surface area contributed by atoms with Gasteiger partial charge >= 0.3 is 0 Å². The maximum atomic E-state index is 15.5. The van der Waals surface area contributed by atoms with E-state index in [1.54, 1.807) is 6.92 Å². The second-order valence-corrected chi connectivity index (χ2v) is 11.3. The molecule has 1 aromatic carbocycles. The number of carbonyl (C=O) groups excluding carboxylic acids is 2. The Kier molecular flexibility index (Phi) is 6.13. The van der Waals surface area contributed by atoms with Crippen LogP contribution in [0, 0.1) is 16.7 Å². The molecule has 0 radical (unpaired) electrons. The second-order valence-electron chi connectivity index (χ2n) is 10.9. The van der Waals surface area contributed by atoms with Crippen LogP contribution in [0.5, 0.6) is 0 Å². The van der Waals surface area contributed by atoms with Crippen molar-refractivity contribution in [3.05, 3.63) is 47.5 Å². The summed E-state index contributed by atoms with van der Waals surface area (Å²) in [6.07, 6.45) is 3.67. The highest BCUT2D eigenvalue weighted by atomic mass is 35.5. The maximum absolute atomic E-state index is 15.5. The van der Waals surface area contributed by atoms with Crippen molar-refractivity contribution in [1.82, 2.24) is 9.80 Å². The highest BCUT2D eigenvalue weighted by molar-refractivity contribution is 6.31. The summed E-state index contributed by atoms with van der Waals surface area (Å²) in [6.45, 7) is 9.20. The summed E-state index contributed by atoms with van der Waals surface area (Å²) in [6, 6.07) is 6.98. The van der Waals surface area contributed by atoms with Gasteiger partial charge < -0.3 is 9.80 Å². The van der Waals surface area contributed by atoms with Crippen LogP contribution in [0.4, 0.5) is 8.78 Å². The van der Waals surface area contributed by atoms with Crippen LogP contribution in [0.25, 0.3) is 0 Å². The van der Waals surface area contributed by atoms with Crippen molar-refractivity contribution in [1.29, 1.82) is 0 Å². The van der Waals surface area contributed by atoms with Gasteiger partial charge in [0.05, 0.1) is 12.0 Å². The third-order valence-electron chi connectivity index (χ3n) is 8.45. The van der Waals surface area contributed by atoms with Crippen molar-refractivity contribution in [3.63, 3.8) is 0 Å². The number of hydrogen-bond donors (Lipinski definition) is 0. The van der Waals surface area contributed by atoms with Crippen LogP contribution in [0.15, 0.2) is 36.9 Å². The van der Waals surface area contributed by atoms with E-state index in [1.165, 1.54) is 15.9 Å². The molecule has 0 unspecified atom stereocenters. The number of carbonyl (C=O) groups is 2. The number of rotatable bonds is 3. The lowest BCUT2D eigenvalue weighted by molar-refractivity contribution is -0.246. The van der Waals surface area contributed by atoms with Crippen LogP contribution >= 0.6 is 11.6 Å². The zero-order chi connectivity index (χ0) is 24.2. The van der Waals surface area contributed by atoms with Crippen molar-refractivity contribution in [2.75, 3.05) is 19.6 Å². The van der Waals surface area contributed by atoms with Gasteiger partial charge in [-0.3, -0.25) is 9.59 Å². The maximum Gasteiger partial charge on any atom is 0.274 e. The minimum absolute atomic E-state index is 0.00785. The predicted octanol–water partition coefficient (Wildman–Crippen LogP) is 5.52. The molecule has 180 valence electrons. The largest absolute Gasteiger partial charge is 0.336 e. The summed E-state index contributed by atoms with van der Waals surface area (Å²) in [5, 5.41) is 0.621. The molecule has 2 saturated heterocycles. The van der Waals surface area contributed by atoms with Crippen LogP contribution in [0.3, 0.4) is 0 Å². The first-order valence-corrected chi connectivity index (χ1v) is 12.1. The molecule has 2 heterocycles. The predicted molar refractivity (Wildman–Crippen MR) is 125 cm³/mol. The van der Waals surface area contributed by atoms with E-state index >= 15 is 8.78 Å². The molecule has 4 nitrogen and oxygen atoms in total. The van der Waals surface area contributed by atoms with Crippen LogP contribution < -0.4 is 0 Å². The quantitative estimate of drug-likeness (QED) is 0.536. The van der Waals surface area contributed by atoms with Gasteiger partial charge in [-0.1, -0.05) is 50.2 Å². The Labute approximate surface area is 200 Å². The first-order chi connectivity index (χ1) is 15.4. The normalized spacial score (nSPS) is 32.8. The highest BCUT2D eigenvalue weighted by Crippen LogP contribution is 2.55. The number of alkyl halides is 2. The molecule has 3 aliphatic rings. The number of amides is 2. The van der Waals surface area contributed by atoms with Gasteiger partial charge in [-0.2, -0.15) is 0 Å². The minimum atomic E-state index is -3.06. The fourth-order valence-corrected chi connectivity index (χ4v) is 6.53. The molecule has 0 bridgehead atoms. The van der Waals surface area contributed by atoms with E-state index in [4.69, 9.17) is 11.6 Å². The Morgan fingerprint density at radius 1 is 1.18 bits per heavy atom. The van der Waals surface area contributed by atoms with Crippen LogP contribution in [0.2, 0.25) is 5.02 Å². The Hall–Kier alpha value is -1.95. The molecule has 1 spiro atoms. The molecular weight excluding hydrogens is 446 g/mol. The van der Waals surface area contributed by atoms with Crippen LogP contribution in [-0.2, 0) is 9.59 Å². The number of halogens is 3. The van der Waals surface area contributed by atoms with Crippen molar-refractivity contribution in [3.8, 4) is 0 Å². The minimum Gasteiger partial charge on any atom is -0.336 e. The van der Waals surface area contributed by atoms with Gasteiger partial charge in [0.15, 0.2) is 0 Å². The molecule has 2 amide bonds. The fourth-order valence-electron chi connectivity index (χ4n) is 6.26. The lowest BCUT2D eigenvalue weighted by atomic mass is 9.62. The van der Waals surface area contributed by atoms with Gasteiger partial charge in [-0.25, -0.2) is 8.78 Å². The fraction of sp³-hybridized carbons (Fsp3) is 0.615. The van der Waals surface area contributed by atoms with Crippen LogP contribution in [-0.4, -0.2) is 53.2 Å². The Bertz CT molecular complexity index is 965. The second kappa shape index (κ2) is 8.37. The zero-order valence-corrected chi connectivity index (χ0v) is 20.4. The zero-order valence-electron chi connectivity index (χ0n) is 19.6. The molecule has 0 N–H and O–H groups in total. The van der Waals surface area contributed by atoms with E-state index in [0.29, 0.717) is 11.4 Å². The standard InChI is InChI=1S/C26H33ClF2N2O2/c1-5-22(32)31-15-25(17(31)2)12-13-30(16-26(25,28)29)23(33)19-10-11-24(3,4)14-20(19)18-8-6-7-9-21(18)27/h5-9,17,19-20H,1,10-16H2,2-4H3/t17-,19+,20-,25+/m1/s1. The van der Waals surface area contributed by atoms with E-state index in [9.17, 15) is 9.59 Å². The summed E-state index contributed by atoms with van der Waals surface area (Å²) in [5.41, 5.74) is -0.297. The Morgan fingerprint density at radius 3 is 2.48 bits per heavy atom. The van der Waals surface area contributed by atoms with Crippen LogP contribution in [0.1, 0.15) is 57.9 Å². The lowest BCUT2D eigenvalue weighted by Gasteiger charge is -2.62. The number of hydrogen-bond acceptors (Lipinski definition) is 2. The molecule has 7 heteroatoms. The first kappa shape index (κ1) is 24.2.